The Bertz CT molecular complexity index is 1930. The zero-order valence-electron chi connectivity index (χ0n) is 27.1. The van der Waals surface area contributed by atoms with Gasteiger partial charge in [0.1, 0.15) is 41.4 Å². The molecule has 0 saturated carbocycles. The van der Waals surface area contributed by atoms with Crippen LogP contribution in [-0.4, -0.2) is 53.5 Å². The Morgan fingerprint density at radius 1 is 0.920 bits per heavy atom. The Morgan fingerprint density at radius 2 is 1.52 bits per heavy atom. The number of anilines is 1. The molecule has 1 aliphatic heterocycles. The summed E-state index contributed by atoms with van der Waals surface area (Å²) in [7, 11) is -0.102. The van der Waals surface area contributed by atoms with Gasteiger partial charge in [-0.15, -0.1) is 4.52 Å². The van der Waals surface area contributed by atoms with Crippen molar-refractivity contribution in [1.29, 1.82) is 0 Å². The van der Waals surface area contributed by atoms with Gasteiger partial charge in [-0.25, -0.2) is 4.79 Å². The highest BCUT2D eigenvalue weighted by molar-refractivity contribution is 7.30. The summed E-state index contributed by atoms with van der Waals surface area (Å²) in [6, 6.07) is 29.0. The van der Waals surface area contributed by atoms with Crippen LogP contribution in [0.3, 0.4) is 0 Å². The zero-order valence-corrected chi connectivity index (χ0v) is 28.0. The summed E-state index contributed by atoms with van der Waals surface area (Å²) >= 11 is 0. The van der Waals surface area contributed by atoms with Gasteiger partial charge in [0.05, 0.1) is 20.8 Å². The molecule has 3 heterocycles. The van der Waals surface area contributed by atoms with E-state index in [2.05, 4.69) is 15.3 Å². The molecule has 4 atom stereocenters. The molecule has 256 valence electrons. The second kappa shape index (κ2) is 15.5. The van der Waals surface area contributed by atoms with Crippen molar-refractivity contribution in [2.75, 3.05) is 26.1 Å². The first-order valence-corrected chi connectivity index (χ1v) is 16.7. The molecule has 1 unspecified atom stereocenters. The molecule has 3 aromatic carbocycles. The molecular formula is C36H33N4O9P. The van der Waals surface area contributed by atoms with Gasteiger partial charge in [-0.05, 0) is 63.7 Å². The first kappa shape index (κ1) is 34.6. The van der Waals surface area contributed by atoms with Crippen molar-refractivity contribution in [1.82, 2.24) is 14.5 Å². The second-order valence-electron chi connectivity index (χ2n) is 11.2. The monoisotopic (exact) mass is 696 g/mol. The quantitative estimate of drug-likeness (QED) is 0.135. The fourth-order valence-corrected chi connectivity index (χ4v) is 6.36. The number of hydrogen-bond acceptors (Lipinski definition) is 11. The Hall–Kier alpha value is -5.30. The fraction of sp³-hybridized carbons (Fsp3) is 0.222. The number of pyridine rings is 1. The van der Waals surface area contributed by atoms with Gasteiger partial charge in [0, 0.05) is 30.6 Å². The topological polar surface area (TPSA) is 163 Å². The van der Waals surface area contributed by atoms with Crippen molar-refractivity contribution in [2.24, 2.45) is 0 Å². The first-order chi connectivity index (χ1) is 24.3. The van der Waals surface area contributed by atoms with E-state index in [1.54, 1.807) is 14.2 Å². The van der Waals surface area contributed by atoms with Crippen molar-refractivity contribution in [3.05, 3.63) is 148 Å². The average Bonchev–Trinajstić information content (AvgIpc) is 3.54. The van der Waals surface area contributed by atoms with Crippen LogP contribution in [0.5, 0.6) is 11.5 Å². The van der Waals surface area contributed by atoms with Gasteiger partial charge >= 0.3 is 13.9 Å². The largest absolute Gasteiger partial charge is 0.566 e. The molecule has 13 nitrogen and oxygen atoms in total. The zero-order chi connectivity index (χ0) is 35.1. The third-order valence-electron chi connectivity index (χ3n) is 8.36. The lowest BCUT2D eigenvalue weighted by Gasteiger charge is -2.37. The van der Waals surface area contributed by atoms with E-state index in [1.807, 2.05) is 78.9 Å². The summed E-state index contributed by atoms with van der Waals surface area (Å²) in [6.45, 7) is -0.139. The van der Waals surface area contributed by atoms with E-state index in [0.717, 1.165) is 16.7 Å². The third-order valence-corrected chi connectivity index (χ3v) is 8.81. The van der Waals surface area contributed by atoms with Crippen LogP contribution in [0.4, 0.5) is 5.82 Å². The van der Waals surface area contributed by atoms with E-state index >= 15 is 0 Å². The lowest BCUT2D eigenvalue weighted by Crippen LogP contribution is -2.38. The number of aromatic nitrogens is 3. The number of carbonyl (C=O) groups excluding carboxylic acids is 1. The third kappa shape index (κ3) is 7.47. The summed E-state index contributed by atoms with van der Waals surface area (Å²) in [6.07, 6.45) is 1.52. The highest BCUT2D eigenvalue weighted by Crippen LogP contribution is 2.43. The normalized spacial score (nSPS) is 17.6. The van der Waals surface area contributed by atoms with Crippen LogP contribution < -0.4 is 25.4 Å². The number of methoxy groups -OCH3 is 2. The van der Waals surface area contributed by atoms with Gasteiger partial charge < -0.3 is 29.2 Å². The molecule has 0 bridgehead atoms. The Morgan fingerprint density at radius 3 is 2.08 bits per heavy atom. The number of hydrogen-bond donors (Lipinski definition) is 1. The predicted molar refractivity (Wildman–Crippen MR) is 180 cm³/mol. The molecule has 1 fully saturated rings. The van der Waals surface area contributed by atoms with Crippen molar-refractivity contribution in [3.8, 4) is 11.5 Å². The number of ether oxygens (including phenoxy) is 4. The SMILES string of the molecule is COc1ccc(C(OC[C@H]2O[C@@H](n3ccc(NC(=O)c4ccncc4)nc3=O)C[C@@H]2O[P+](=O)[O-])(c2ccccc2)c2ccc(OC)cc2)cc1. The standard InChI is InChI=1S/C36H33N4O9P/c1-45-28-12-8-26(9-13-28)36(25-6-4-3-5-7-25,27-10-14-29(46-2)15-11-27)47-23-31-30(49-50(43)44)22-33(48-31)40-21-18-32(39-35(40)42)38-34(41)24-16-19-37-20-17-24/h3-21,30-31,33H,22-23H2,1-2H3,(H,38,39,41,42)/t30-,31+,33+/m0/s1. The van der Waals surface area contributed by atoms with Gasteiger partial charge in [-0.1, -0.05) is 54.6 Å². The van der Waals surface area contributed by atoms with Crippen molar-refractivity contribution >= 4 is 20.0 Å². The summed E-state index contributed by atoms with van der Waals surface area (Å²) in [5.74, 6) is 0.881. The molecule has 1 saturated heterocycles. The Kier molecular flexibility index (Phi) is 10.7. The van der Waals surface area contributed by atoms with Crippen LogP contribution in [0.15, 0.2) is 120 Å². The summed E-state index contributed by atoms with van der Waals surface area (Å²) in [4.78, 5) is 45.4. The Labute approximate surface area is 288 Å². The molecule has 50 heavy (non-hydrogen) atoms. The Balaban J connectivity index is 1.31. The number of amides is 1. The maximum atomic E-state index is 13.2. The van der Waals surface area contributed by atoms with E-state index in [-0.39, 0.29) is 18.8 Å². The highest BCUT2D eigenvalue weighted by Gasteiger charge is 2.45. The summed E-state index contributed by atoms with van der Waals surface area (Å²) in [5.41, 5.74) is 0.739. The van der Waals surface area contributed by atoms with E-state index < -0.39 is 43.9 Å². The first-order valence-electron chi connectivity index (χ1n) is 15.6. The van der Waals surface area contributed by atoms with Gasteiger partial charge in [0.2, 0.25) is 0 Å². The van der Waals surface area contributed by atoms with Crippen LogP contribution >= 0.6 is 8.25 Å². The van der Waals surface area contributed by atoms with E-state index in [9.17, 15) is 19.0 Å². The van der Waals surface area contributed by atoms with Crippen molar-refractivity contribution < 1.29 is 37.7 Å². The minimum atomic E-state index is -3.27. The predicted octanol–water partition coefficient (Wildman–Crippen LogP) is 4.61. The molecule has 14 heteroatoms. The molecular weight excluding hydrogens is 663 g/mol. The maximum Gasteiger partial charge on any atom is 0.488 e. The molecule has 0 aliphatic carbocycles. The second-order valence-corrected chi connectivity index (χ2v) is 11.9. The lowest BCUT2D eigenvalue weighted by atomic mass is 9.80. The van der Waals surface area contributed by atoms with Crippen molar-refractivity contribution in [3.63, 3.8) is 0 Å². The molecule has 6 rings (SSSR count). The molecule has 1 amide bonds. The molecule has 1 aliphatic rings. The average molecular weight is 697 g/mol. The van der Waals surface area contributed by atoms with Gasteiger partial charge in [-0.3, -0.25) is 14.3 Å². The lowest BCUT2D eigenvalue weighted by molar-refractivity contribution is -0.192. The van der Waals surface area contributed by atoms with Crippen LogP contribution in [-0.2, 0) is 24.2 Å². The van der Waals surface area contributed by atoms with Crippen LogP contribution in [0.2, 0.25) is 0 Å². The number of nitrogens with zero attached hydrogens (tertiary/aromatic N) is 3. The molecule has 0 spiro atoms. The molecule has 0 radical (unpaired) electrons. The molecule has 5 aromatic rings. The molecule has 1 N–H and O–H groups in total. The minimum Gasteiger partial charge on any atom is -0.566 e. The maximum absolute atomic E-state index is 13.2. The molecule has 2 aromatic heterocycles. The number of rotatable bonds is 13. The number of nitrogens with one attached hydrogen (secondary N) is 1. The van der Waals surface area contributed by atoms with Crippen LogP contribution in [0, 0.1) is 0 Å². The minimum absolute atomic E-state index is 0.00502. The van der Waals surface area contributed by atoms with E-state index in [0.29, 0.717) is 17.1 Å². The van der Waals surface area contributed by atoms with Crippen LogP contribution in [0.25, 0.3) is 0 Å². The highest BCUT2D eigenvalue weighted by atomic mass is 31.1. The number of carbonyl (C=O) groups is 1. The van der Waals surface area contributed by atoms with Crippen LogP contribution in [0.1, 0.15) is 39.7 Å². The van der Waals surface area contributed by atoms with E-state index in [4.69, 9.17) is 23.5 Å². The van der Waals surface area contributed by atoms with Gasteiger partial charge in [0.25, 0.3) is 5.91 Å². The van der Waals surface area contributed by atoms with Gasteiger partial charge in [-0.2, -0.15) is 4.98 Å². The van der Waals surface area contributed by atoms with Crippen molar-refractivity contribution in [2.45, 2.75) is 30.5 Å². The smallest absolute Gasteiger partial charge is 0.488 e. The summed E-state index contributed by atoms with van der Waals surface area (Å²) in [5, 5.41) is 2.59. The summed E-state index contributed by atoms with van der Waals surface area (Å²) < 4.78 is 42.4. The number of benzene rings is 3. The van der Waals surface area contributed by atoms with E-state index in [1.165, 1.54) is 41.4 Å². The fourth-order valence-electron chi connectivity index (χ4n) is 5.92. The van der Waals surface area contributed by atoms with Gasteiger partial charge in [0.15, 0.2) is 0 Å².